The maximum Gasteiger partial charge on any atom is 0.334 e. The van der Waals surface area contributed by atoms with Gasteiger partial charge in [0.2, 0.25) is 0 Å². The molecule has 3 rings (SSSR count). The monoisotopic (exact) mass is 352 g/mol. The third-order valence-corrected chi connectivity index (χ3v) is 5.12. The van der Waals surface area contributed by atoms with E-state index >= 15 is 0 Å². The summed E-state index contributed by atoms with van der Waals surface area (Å²) in [4.78, 5) is 17.6. The van der Waals surface area contributed by atoms with Gasteiger partial charge in [-0.3, -0.25) is 4.98 Å². The molecule has 1 aromatic carbocycles. The Morgan fingerprint density at radius 2 is 1.84 bits per heavy atom. The molecule has 0 amide bonds. The molecule has 25 heavy (non-hydrogen) atoms. The van der Waals surface area contributed by atoms with E-state index in [1.165, 1.54) is 0 Å². The van der Waals surface area contributed by atoms with Crippen LogP contribution < -0.4 is 5.32 Å². The molecule has 0 bridgehead atoms. The lowest BCUT2D eigenvalue weighted by molar-refractivity contribution is -0.132. The molecule has 0 spiro atoms. The van der Waals surface area contributed by atoms with Gasteiger partial charge in [0.1, 0.15) is 0 Å². The number of carboxylic acids is 1. The lowest BCUT2D eigenvalue weighted by Gasteiger charge is -2.30. The van der Waals surface area contributed by atoms with E-state index in [2.05, 4.69) is 10.3 Å². The summed E-state index contributed by atoms with van der Waals surface area (Å²) >= 11 is 1.66. The minimum atomic E-state index is -0.912. The van der Waals surface area contributed by atoms with Gasteiger partial charge >= 0.3 is 5.97 Å². The molecule has 0 aliphatic carbocycles. The molecule has 1 unspecified atom stereocenters. The first-order valence-electron chi connectivity index (χ1n) is 8.00. The van der Waals surface area contributed by atoms with Crippen LogP contribution in [0.5, 0.6) is 0 Å². The van der Waals surface area contributed by atoms with Crippen LogP contribution in [0.4, 0.5) is 0 Å². The second-order valence-electron chi connectivity index (χ2n) is 5.93. The number of carbonyl (C=O) groups is 1. The molecule has 1 atom stereocenters. The number of dihydropyridines is 1. The van der Waals surface area contributed by atoms with Crippen LogP contribution in [-0.4, -0.2) is 22.3 Å². The van der Waals surface area contributed by atoms with Crippen molar-refractivity contribution < 1.29 is 9.90 Å². The Hall–Kier alpha value is -2.53. The van der Waals surface area contributed by atoms with Gasteiger partial charge < -0.3 is 10.4 Å². The molecule has 2 heterocycles. The molecule has 1 aliphatic heterocycles. The maximum absolute atomic E-state index is 12.0. The molecule has 0 saturated heterocycles. The van der Waals surface area contributed by atoms with Crippen LogP contribution in [0.2, 0.25) is 0 Å². The second-order valence-corrected chi connectivity index (χ2v) is 6.81. The second kappa shape index (κ2) is 7.15. The first kappa shape index (κ1) is 17.3. The molecule has 2 aromatic rings. The summed E-state index contributed by atoms with van der Waals surface area (Å²) in [6.07, 6.45) is 3.75. The molecule has 0 radical (unpaired) electrons. The van der Waals surface area contributed by atoms with Crippen LogP contribution >= 0.6 is 11.8 Å². The highest BCUT2D eigenvalue weighted by molar-refractivity contribution is 7.98. The number of benzene rings is 1. The van der Waals surface area contributed by atoms with Crippen molar-refractivity contribution in [3.8, 4) is 0 Å². The lowest BCUT2D eigenvalue weighted by Crippen LogP contribution is -2.27. The van der Waals surface area contributed by atoms with E-state index < -0.39 is 5.97 Å². The number of hydrogen-bond donors (Lipinski definition) is 2. The smallest absolute Gasteiger partial charge is 0.334 e. The fourth-order valence-electron chi connectivity index (χ4n) is 3.27. The van der Waals surface area contributed by atoms with E-state index in [4.69, 9.17) is 0 Å². The van der Waals surface area contributed by atoms with Gasteiger partial charge in [-0.2, -0.15) is 0 Å². The number of carboxylic acid groups (broad SMARTS) is 1. The van der Waals surface area contributed by atoms with E-state index in [0.29, 0.717) is 11.3 Å². The summed E-state index contributed by atoms with van der Waals surface area (Å²) in [6, 6.07) is 13.8. The molecular formula is C20H20N2O2S. The van der Waals surface area contributed by atoms with Crippen molar-refractivity contribution in [2.75, 3.05) is 6.26 Å². The summed E-state index contributed by atoms with van der Waals surface area (Å²) < 4.78 is 0. The normalized spacial score (nSPS) is 17.5. The molecule has 0 saturated carbocycles. The van der Waals surface area contributed by atoms with Gasteiger partial charge in [0.15, 0.2) is 0 Å². The predicted octanol–water partition coefficient (Wildman–Crippen LogP) is 4.28. The topological polar surface area (TPSA) is 62.2 Å². The van der Waals surface area contributed by atoms with Crippen molar-refractivity contribution in [1.29, 1.82) is 0 Å². The van der Waals surface area contributed by atoms with E-state index in [9.17, 15) is 9.90 Å². The summed E-state index contributed by atoms with van der Waals surface area (Å²) in [5.41, 5.74) is 4.61. The highest BCUT2D eigenvalue weighted by atomic mass is 32.2. The average Bonchev–Trinajstić information content (AvgIpc) is 2.61. The van der Waals surface area contributed by atoms with Crippen LogP contribution in [0.15, 0.2) is 70.5 Å². The van der Waals surface area contributed by atoms with Gasteiger partial charge in [-0.1, -0.05) is 18.2 Å². The quantitative estimate of drug-likeness (QED) is 0.804. The van der Waals surface area contributed by atoms with Crippen molar-refractivity contribution >= 4 is 23.3 Å². The third-order valence-electron chi connectivity index (χ3n) is 4.38. The fourth-order valence-corrected chi connectivity index (χ4v) is 3.68. The van der Waals surface area contributed by atoms with Crippen LogP contribution in [0, 0.1) is 0 Å². The minimum absolute atomic E-state index is 0.357. The number of pyridine rings is 1. The summed E-state index contributed by atoms with van der Waals surface area (Å²) in [6.45, 7) is 3.78. The molecule has 4 nitrogen and oxygen atoms in total. The Labute approximate surface area is 151 Å². The van der Waals surface area contributed by atoms with Crippen molar-refractivity contribution in [2.45, 2.75) is 24.7 Å². The number of allylic oxidation sites excluding steroid dienone is 3. The Balaban J connectivity index is 2.20. The van der Waals surface area contributed by atoms with Gasteiger partial charge in [0, 0.05) is 34.0 Å². The molecule has 1 aromatic heterocycles. The van der Waals surface area contributed by atoms with Crippen molar-refractivity contribution in [3.05, 3.63) is 76.9 Å². The number of nitrogens with zero attached hydrogens (tertiary/aromatic N) is 1. The Morgan fingerprint density at radius 3 is 2.40 bits per heavy atom. The Bertz CT molecular complexity index is 855. The van der Waals surface area contributed by atoms with Crippen LogP contribution in [0.3, 0.4) is 0 Å². The zero-order chi connectivity index (χ0) is 18.0. The molecule has 5 heteroatoms. The molecule has 2 N–H and O–H groups in total. The van der Waals surface area contributed by atoms with E-state index in [1.807, 2.05) is 62.6 Å². The first-order valence-corrected chi connectivity index (χ1v) is 9.22. The number of thioether (sulfide) groups is 1. The largest absolute Gasteiger partial charge is 0.478 e. The zero-order valence-corrected chi connectivity index (χ0v) is 15.2. The van der Waals surface area contributed by atoms with E-state index in [1.54, 1.807) is 18.0 Å². The molecule has 0 fully saturated rings. The lowest BCUT2D eigenvalue weighted by atomic mass is 9.79. The van der Waals surface area contributed by atoms with E-state index in [-0.39, 0.29) is 5.92 Å². The van der Waals surface area contributed by atoms with Gasteiger partial charge in [0.25, 0.3) is 0 Å². The standard InChI is InChI=1S/C20H20N2O2S/c1-12-17(16-6-4-5-11-21-16)19(18(20(23)24)13(2)22-12)14-7-9-15(25-3)10-8-14/h4-11,19,22H,1-3H3,(H,23,24). The SMILES string of the molecule is CSc1ccc(C2C(C(=O)O)=C(C)NC(C)=C2c2ccccn2)cc1. The summed E-state index contributed by atoms with van der Waals surface area (Å²) in [5, 5.41) is 13.1. The number of hydrogen-bond acceptors (Lipinski definition) is 4. The Kier molecular flexibility index (Phi) is 4.95. The van der Waals surface area contributed by atoms with Crippen molar-refractivity contribution in [1.82, 2.24) is 10.3 Å². The number of rotatable bonds is 4. The maximum atomic E-state index is 12.0. The van der Waals surface area contributed by atoms with Crippen molar-refractivity contribution in [3.63, 3.8) is 0 Å². The van der Waals surface area contributed by atoms with Crippen LogP contribution in [0.1, 0.15) is 31.0 Å². The zero-order valence-electron chi connectivity index (χ0n) is 14.4. The summed E-state index contributed by atoms with van der Waals surface area (Å²) in [5.74, 6) is -1.27. The number of nitrogens with one attached hydrogen (secondary N) is 1. The molecule has 1 aliphatic rings. The van der Waals surface area contributed by atoms with Crippen molar-refractivity contribution in [2.24, 2.45) is 0 Å². The van der Waals surface area contributed by atoms with Crippen LogP contribution in [-0.2, 0) is 4.79 Å². The average molecular weight is 352 g/mol. The molecular weight excluding hydrogens is 332 g/mol. The summed E-state index contributed by atoms with van der Waals surface area (Å²) in [7, 11) is 0. The Morgan fingerprint density at radius 1 is 1.12 bits per heavy atom. The number of aliphatic carboxylic acids is 1. The van der Waals surface area contributed by atoms with E-state index in [0.717, 1.165) is 27.4 Å². The molecule has 128 valence electrons. The minimum Gasteiger partial charge on any atom is -0.478 e. The predicted molar refractivity (Wildman–Crippen MR) is 101 cm³/mol. The van der Waals surface area contributed by atoms with Gasteiger partial charge in [-0.05, 0) is 49.9 Å². The van der Waals surface area contributed by atoms with Gasteiger partial charge in [-0.25, -0.2) is 4.79 Å². The third kappa shape index (κ3) is 3.33. The van der Waals surface area contributed by atoms with Gasteiger partial charge in [-0.15, -0.1) is 11.8 Å². The fraction of sp³-hybridized carbons (Fsp3) is 0.200. The first-order chi connectivity index (χ1) is 12.0. The highest BCUT2D eigenvalue weighted by Crippen LogP contribution is 2.42. The van der Waals surface area contributed by atoms with Crippen LogP contribution in [0.25, 0.3) is 5.57 Å². The van der Waals surface area contributed by atoms with Gasteiger partial charge in [0.05, 0.1) is 11.3 Å². The highest BCUT2D eigenvalue weighted by Gasteiger charge is 2.34. The number of aromatic nitrogens is 1.